The van der Waals surface area contributed by atoms with Crippen LogP contribution in [0.1, 0.15) is 59.4 Å². The fourth-order valence-corrected chi connectivity index (χ4v) is 7.23. The normalized spacial score (nSPS) is 32.6. The molecule has 2 saturated heterocycles. The van der Waals surface area contributed by atoms with Gasteiger partial charge < -0.3 is 43.9 Å². The molecular weight excluding hydrogens is 684 g/mol. The number of aliphatic hydroxyl groups is 1. The maximum absolute atomic E-state index is 14.1. The van der Waals surface area contributed by atoms with Crippen molar-refractivity contribution in [1.29, 1.82) is 0 Å². The second-order valence-corrected chi connectivity index (χ2v) is 14.5. The van der Waals surface area contributed by atoms with E-state index >= 15 is 0 Å². The van der Waals surface area contributed by atoms with Crippen LogP contribution < -0.4 is 20.3 Å². The van der Waals surface area contributed by atoms with E-state index in [4.69, 9.17) is 35.3 Å². The summed E-state index contributed by atoms with van der Waals surface area (Å²) in [6.45, 7) is 8.56. The lowest BCUT2D eigenvalue weighted by Gasteiger charge is -2.59. The molecule has 14 nitrogen and oxygen atoms in total. The van der Waals surface area contributed by atoms with Gasteiger partial charge >= 0.3 is 12.1 Å². The third-order valence-electron chi connectivity index (χ3n) is 10.2. The summed E-state index contributed by atoms with van der Waals surface area (Å²) >= 11 is 6.74. The van der Waals surface area contributed by atoms with Crippen LogP contribution in [0.4, 0.5) is 10.5 Å². The lowest BCUT2D eigenvalue weighted by Crippen LogP contribution is -2.72. The Morgan fingerprint density at radius 2 is 1.86 bits per heavy atom. The number of methoxy groups -OCH3 is 2. The number of carbonyl (C=O) groups excluding carboxylic acids is 4. The van der Waals surface area contributed by atoms with E-state index in [2.05, 4.69) is 10.6 Å². The summed E-state index contributed by atoms with van der Waals surface area (Å²) in [6, 6.07) is 2.03. The number of alkyl carbamates (subject to hydrolysis) is 1. The smallest absolute Gasteiger partial charge is 0.409 e. The standard InChI is InChI=1S/C36H51ClN4O10/c1-20-12-11-13-26(48-10)36(46)18-28(50-33(45)39-36)35(5)19-34(4,51-35)27(49-32(44)22(3)40(7)31(43)21(2)38-6)17-29(42)41(8)24-15-23(14-20)16-25(47-9)30(24)37/h11-13,15-16,21-22,26-28,38,46H,14,17-19H2,1-10H3,(H,39,45)/b13-11+,20-12+. The Kier molecular flexibility index (Phi) is 12.2. The average molecular weight is 735 g/mol. The first kappa shape index (κ1) is 40.1. The number of anilines is 1. The number of rotatable bonds is 7. The van der Waals surface area contributed by atoms with E-state index in [-0.39, 0.29) is 30.2 Å². The third kappa shape index (κ3) is 8.36. The predicted molar refractivity (Wildman–Crippen MR) is 190 cm³/mol. The summed E-state index contributed by atoms with van der Waals surface area (Å²) in [5.74, 6) is -1.14. The van der Waals surface area contributed by atoms with E-state index in [0.717, 1.165) is 11.1 Å². The van der Waals surface area contributed by atoms with Gasteiger partial charge in [-0.05, 0) is 65.8 Å². The number of benzene rings is 1. The van der Waals surface area contributed by atoms with Gasteiger partial charge in [0.15, 0.2) is 5.72 Å². The lowest BCUT2D eigenvalue weighted by molar-refractivity contribution is -0.328. The molecule has 8 atom stereocenters. The van der Waals surface area contributed by atoms with Crippen LogP contribution >= 0.6 is 11.6 Å². The number of esters is 1. The molecule has 1 aromatic rings. The van der Waals surface area contributed by atoms with Crippen LogP contribution in [0, 0.1) is 0 Å². The van der Waals surface area contributed by atoms with Gasteiger partial charge in [-0.3, -0.25) is 14.9 Å². The van der Waals surface area contributed by atoms with Gasteiger partial charge in [-0.25, -0.2) is 9.59 Å². The molecular formula is C36H51ClN4O10. The highest BCUT2D eigenvalue weighted by Gasteiger charge is 2.63. The van der Waals surface area contributed by atoms with Gasteiger partial charge in [-0.1, -0.05) is 35.4 Å². The molecule has 5 rings (SSSR count). The summed E-state index contributed by atoms with van der Waals surface area (Å²) in [5, 5.41) is 17.3. The van der Waals surface area contributed by atoms with Gasteiger partial charge in [-0.2, -0.15) is 0 Å². The first-order chi connectivity index (χ1) is 23.8. The molecule has 0 aromatic heterocycles. The maximum Gasteiger partial charge on any atom is 0.409 e. The van der Waals surface area contributed by atoms with Gasteiger partial charge in [0.05, 0.1) is 25.3 Å². The molecule has 6 bridgehead atoms. The second kappa shape index (κ2) is 15.5. The predicted octanol–water partition coefficient (Wildman–Crippen LogP) is 3.27. The Bertz CT molecular complexity index is 1580. The molecule has 4 aliphatic rings. The number of halogens is 1. The number of nitrogens with zero attached hydrogens (tertiary/aromatic N) is 2. The van der Waals surface area contributed by atoms with Crippen LogP contribution in [0.5, 0.6) is 5.75 Å². The summed E-state index contributed by atoms with van der Waals surface area (Å²) in [7, 11) is 7.62. The van der Waals surface area contributed by atoms with Crippen molar-refractivity contribution in [1.82, 2.24) is 15.5 Å². The van der Waals surface area contributed by atoms with E-state index < -0.39 is 65.3 Å². The summed E-state index contributed by atoms with van der Waals surface area (Å²) < 4.78 is 29.4. The minimum absolute atomic E-state index is 0.0965. The third-order valence-corrected chi connectivity index (χ3v) is 10.6. The highest BCUT2D eigenvalue weighted by molar-refractivity contribution is 6.35. The van der Waals surface area contributed by atoms with Crippen LogP contribution in [0.15, 0.2) is 35.9 Å². The molecule has 0 radical (unpaired) electrons. The molecule has 4 heterocycles. The monoisotopic (exact) mass is 734 g/mol. The molecule has 0 saturated carbocycles. The molecule has 3 N–H and O–H groups in total. The highest BCUT2D eigenvalue weighted by atomic mass is 35.5. The van der Waals surface area contributed by atoms with Crippen molar-refractivity contribution in [2.75, 3.05) is 40.3 Å². The number of amides is 3. The number of hydrogen-bond donors (Lipinski definition) is 3. The van der Waals surface area contributed by atoms with Gasteiger partial charge in [0.1, 0.15) is 46.3 Å². The summed E-state index contributed by atoms with van der Waals surface area (Å²) in [6.07, 6.45) is 1.54. The average Bonchev–Trinajstić information content (AvgIpc) is 3.06. The molecule has 0 spiro atoms. The summed E-state index contributed by atoms with van der Waals surface area (Å²) in [5.41, 5.74) is -2.13. The largest absolute Gasteiger partial charge is 0.495 e. The minimum atomic E-state index is -1.85. The molecule has 3 amide bonds. The van der Waals surface area contributed by atoms with E-state index in [1.165, 1.54) is 38.0 Å². The molecule has 4 aliphatic heterocycles. The SMILES string of the molecule is CNC(C)C(=O)N(C)C(C)C(=O)OC1CC(=O)N(C)c2cc(cc(OC)c2Cl)C/C(C)=C/C=C/C(OC)C2(O)CC(OC(=O)N2)C2(C)CC1(C)O2. The second-order valence-electron chi connectivity index (χ2n) is 14.1. The van der Waals surface area contributed by atoms with E-state index in [9.17, 15) is 24.3 Å². The van der Waals surface area contributed by atoms with Crippen molar-refractivity contribution < 1.29 is 48.0 Å². The Hall–Kier alpha value is -3.69. The number of ether oxygens (including phenoxy) is 5. The fraction of sp³-hybridized carbons (Fsp3) is 0.611. The van der Waals surface area contributed by atoms with Crippen LogP contribution in [-0.4, -0.2) is 117 Å². The van der Waals surface area contributed by atoms with Crippen molar-refractivity contribution >= 4 is 41.2 Å². The molecule has 282 valence electrons. The Morgan fingerprint density at radius 3 is 2.47 bits per heavy atom. The minimum Gasteiger partial charge on any atom is -0.495 e. The van der Waals surface area contributed by atoms with E-state index in [0.29, 0.717) is 17.9 Å². The zero-order chi connectivity index (χ0) is 38.1. The van der Waals surface area contributed by atoms with Crippen molar-refractivity contribution in [3.8, 4) is 5.75 Å². The van der Waals surface area contributed by atoms with E-state index in [1.807, 2.05) is 13.0 Å². The number of hydrogen-bond acceptors (Lipinski definition) is 11. The van der Waals surface area contributed by atoms with Crippen molar-refractivity contribution in [3.05, 3.63) is 46.5 Å². The van der Waals surface area contributed by atoms with Crippen molar-refractivity contribution in [2.45, 2.75) is 108 Å². The van der Waals surface area contributed by atoms with Crippen molar-refractivity contribution in [3.63, 3.8) is 0 Å². The topological polar surface area (TPSA) is 165 Å². The lowest BCUT2D eigenvalue weighted by atomic mass is 9.72. The molecule has 8 unspecified atom stereocenters. The van der Waals surface area contributed by atoms with Gasteiger partial charge in [0, 0.05) is 34.0 Å². The zero-order valence-corrected chi connectivity index (χ0v) is 31.8. The molecule has 15 heteroatoms. The van der Waals surface area contributed by atoms with Crippen LogP contribution in [0.3, 0.4) is 0 Å². The fourth-order valence-electron chi connectivity index (χ4n) is 6.92. The molecule has 51 heavy (non-hydrogen) atoms. The number of allylic oxidation sites excluding steroid dienone is 3. The first-order valence-electron chi connectivity index (χ1n) is 16.9. The van der Waals surface area contributed by atoms with Crippen LogP contribution in [0.25, 0.3) is 0 Å². The maximum atomic E-state index is 14.1. The van der Waals surface area contributed by atoms with Crippen molar-refractivity contribution in [2.24, 2.45) is 0 Å². The molecule has 0 aliphatic carbocycles. The van der Waals surface area contributed by atoms with Gasteiger partial charge in [0.25, 0.3) is 0 Å². The Labute approximate surface area is 304 Å². The summed E-state index contributed by atoms with van der Waals surface area (Å²) in [4.78, 5) is 56.1. The molecule has 2 fully saturated rings. The number of carbonyl (C=O) groups is 4. The Morgan fingerprint density at radius 1 is 1.20 bits per heavy atom. The first-order valence-corrected chi connectivity index (χ1v) is 17.2. The number of fused-ring (bicyclic) bond motifs is 6. The number of nitrogens with one attached hydrogen (secondary N) is 2. The zero-order valence-electron chi connectivity index (χ0n) is 31.0. The van der Waals surface area contributed by atoms with Gasteiger partial charge in [0.2, 0.25) is 11.8 Å². The highest BCUT2D eigenvalue weighted by Crippen LogP contribution is 2.50. The quantitative estimate of drug-likeness (QED) is 0.352. The molecule has 1 aromatic carbocycles. The number of likely N-dealkylation sites (N-methyl/N-ethyl adjacent to an activating group) is 2. The van der Waals surface area contributed by atoms with Crippen LogP contribution in [-0.2, 0) is 39.8 Å². The van der Waals surface area contributed by atoms with Gasteiger partial charge in [-0.15, -0.1) is 0 Å². The van der Waals surface area contributed by atoms with E-state index in [1.54, 1.807) is 59.2 Å². The van der Waals surface area contributed by atoms with Crippen LogP contribution in [0.2, 0.25) is 5.02 Å². The Balaban J connectivity index is 1.78.